The van der Waals surface area contributed by atoms with Crippen molar-refractivity contribution < 1.29 is 24.2 Å². The highest BCUT2D eigenvalue weighted by Crippen LogP contribution is 2.44. The molecular formula is C28H32N2O5. The number of carboxylic acid groups (broad SMARTS) is 1. The van der Waals surface area contributed by atoms with Gasteiger partial charge in [-0.1, -0.05) is 67.4 Å². The van der Waals surface area contributed by atoms with Gasteiger partial charge in [0, 0.05) is 12.0 Å². The normalized spacial score (nSPS) is 19.7. The fourth-order valence-electron chi connectivity index (χ4n) is 5.22. The van der Waals surface area contributed by atoms with Crippen molar-refractivity contribution in [3.05, 3.63) is 72.3 Å². The van der Waals surface area contributed by atoms with E-state index in [9.17, 15) is 19.5 Å². The van der Waals surface area contributed by atoms with Crippen molar-refractivity contribution in [1.82, 2.24) is 10.6 Å². The number of amides is 2. The van der Waals surface area contributed by atoms with E-state index < -0.39 is 36.0 Å². The quantitative estimate of drug-likeness (QED) is 0.458. The molecule has 0 saturated heterocycles. The van der Waals surface area contributed by atoms with Gasteiger partial charge in [-0.15, -0.1) is 6.58 Å². The van der Waals surface area contributed by atoms with Crippen molar-refractivity contribution in [2.45, 2.75) is 56.5 Å². The van der Waals surface area contributed by atoms with Gasteiger partial charge in [-0.2, -0.15) is 0 Å². The summed E-state index contributed by atoms with van der Waals surface area (Å²) in [6.45, 7) is 3.85. The second-order valence-electron chi connectivity index (χ2n) is 9.23. The van der Waals surface area contributed by atoms with Crippen LogP contribution >= 0.6 is 0 Å². The molecule has 0 radical (unpaired) electrons. The van der Waals surface area contributed by atoms with Gasteiger partial charge in [-0.05, 0) is 47.9 Å². The van der Waals surface area contributed by atoms with Crippen molar-refractivity contribution in [2.75, 3.05) is 6.61 Å². The molecule has 3 N–H and O–H groups in total. The molecule has 7 heteroatoms. The number of rotatable bonds is 9. The third kappa shape index (κ3) is 5.56. The van der Waals surface area contributed by atoms with E-state index in [1.165, 1.54) is 0 Å². The van der Waals surface area contributed by atoms with Gasteiger partial charge in [-0.25, -0.2) is 4.79 Å². The van der Waals surface area contributed by atoms with Crippen molar-refractivity contribution in [3.8, 4) is 11.1 Å². The molecule has 0 aromatic heterocycles. The zero-order chi connectivity index (χ0) is 24.8. The molecule has 0 bridgehead atoms. The predicted octanol–water partition coefficient (Wildman–Crippen LogP) is 4.62. The Labute approximate surface area is 205 Å². The third-order valence-corrected chi connectivity index (χ3v) is 7.02. The molecule has 4 rings (SSSR count). The third-order valence-electron chi connectivity index (χ3n) is 7.02. The summed E-state index contributed by atoms with van der Waals surface area (Å²) in [6.07, 6.45) is 4.74. The van der Waals surface area contributed by atoms with E-state index in [1.807, 2.05) is 36.4 Å². The van der Waals surface area contributed by atoms with Crippen molar-refractivity contribution in [1.29, 1.82) is 0 Å². The molecule has 3 unspecified atom stereocenters. The number of hydrogen-bond donors (Lipinski definition) is 3. The maximum Gasteiger partial charge on any atom is 0.407 e. The van der Waals surface area contributed by atoms with Crippen LogP contribution in [0.3, 0.4) is 0 Å². The number of benzene rings is 2. The first kappa shape index (κ1) is 24.5. The lowest BCUT2D eigenvalue weighted by molar-refractivity contribution is -0.144. The number of allylic oxidation sites excluding steroid dienone is 1. The topological polar surface area (TPSA) is 105 Å². The van der Waals surface area contributed by atoms with Gasteiger partial charge in [0.2, 0.25) is 5.91 Å². The summed E-state index contributed by atoms with van der Waals surface area (Å²) in [5.41, 5.74) is 4.50. The Hall–Kier alpha value is -3.61. The fraction of sp³-hybridized carbons (Fsp3) is 0.393. The van der Waals surface area contributed by atoms with Crippen LogP contribution in [0.5, 0.6) is 0 Å². The highest BCUT2D eigenvalue weighted by atomic mass is 16.5. The second-order valence-corrected chi connectivity index (χ2v) is 9.23. The summed E-state index contributed by atoms with van der Waals surface area (Å²) in [6, 6.07) is 14.9. The van der Waals surface area contributed by atoms with Crippen LogP contribution in [0, 0.1) is 5.92 Å². The number of carbonyl (C=O) groups excluding carboxylic acids is 2. The first-order chi connectivity index (χ1) is 17.0. The molecule has 2 aliphatic rings. The lowest BCUT2D eigenvalue weighted by Gasteiger charge is -2.30. The van der Waals surface area contributed by atoms with Crippen molar-refractivity contribution in [2.24, 2.45) is 5.92 Å². The highest BCUT2D eigenvalue weighted by Gasteiger charge is 2.34. The molecule has 2 aromatic rings. The molecule has 2 aliphatic carbocycles. The molecule has 2 amide bonds. The van der Waals surface area contributed by atoms with Gasteiger partial charge in [0.1, 0.15) is 12.6 Å². The fourth-order valence-corrected chi connectivity index (χ4v) is 5.22. The van der Waals surface area contributed by atoms with Gasteiger partial charge in [0.05, 0.1) is 5.92 Å². The summed E-state index contributed by atoms with van der Waals surface area (Å²) < 4.78 is 5.60. The number of fused-ring (bicyclic) bond motifs is 3. The number of carbonyl (C=O) groups is 3. The molecular weight excluding hydrogens is 444 g/mol. The highest BCUT2D eigenvalue weighted by molar-refractivity contribution is 5.86. The van der Waals surface area contributed by atoms with Crippen LogP contribution in [0.4, 0.5) is 4.79 Å². The zero-order valence-corrected chi connectivity index (χ0v) is 19.7. The number of nitrogens with one attached hydrogen (secondary N) is 2. The zero-order valence-electron chi connectivity index (χ0n) is 19.7. The number of carboxylic acids is 1. The average Bonchev–Trinajstić information content (AvgIpc) is 3.19. The minimum absolute atomic E-state index is 0.0767. The molecule has 35 heavy (non-hydrogen) atoms. The predicted molar refractivity (Wildman–Crippen MR) is 133 cm³/mol. The number of ether oxygens (including phenoxy) is 1. The molecule has 0 aliphatic heterocycles. The standard InChI is InChI=1S/C28H32N2O5/c1-2-3-15-25(26(31)29-24-16-9-8-14-22(24)27(32)33)30-28(34)35-17-23-20-12-6-4-10-18(20)19-11-5-7-13-21(19)23/h2,4-7,10-13,22-25H,1,3,8-9,14-17H2,(H,29,31)(H,30,34)(H,32,33). The van der Waals surface area contributed by atoms with E-state index in [-0.39, 0.29) is 12.5 Å². The smallest absolute Gasteiger partial charge is 0.407 e. The maximum atomic E-state index is 13.0. The number of hydrogen-bond acceptors (Lipinski definition) is 4. The molecule has 1 fully saturated rings. The van der Waals surface area contributed by atoms with Crippen molar-refractivity contribution in [3.63, 3.8) is 0 Å². The summed E-state index contributed by atoms with van der Waals surface area (Å²) in [5.74, 6) is -1.98. The first-order valence-corrected chi connectivity index (χ1v) is 12.2. The minimum Gasteiger partial charge on any atom is -0.481 e. The van der Waals surface area contributed by atoms with Gasteiger partial charge >= 0.3 is 12.1 Å². The average molecular weight is 477 g/mol. The Balaban J connectivity index is 1.39. The Bertz CT molecular complexity index is 1050. The Kier molecular flexibility index (Phi) is 7.85. The Morgan fingerprint density at radius 2 is 1.66 bits per heavy atom. The summed E-state index contributed by atoms with van der Waals surface area (Å²) in [4.78, 5) is 37.3. The minimum atomic E-state index is -0.901. The van der Waals surface area contributed by atoms with E-state index in [0.717, 1.165) is 35.1 Å². The van der Waals surface area contributed by atoms with Gasteiger partial charge in [-0.3, -0.25) is 9.59 Å². The SMILES string of the molecule is C=CCCC(NC(=O)OCC1c2ccccc2-c2ccccc21)C(=O)NC1CCCCC1C(=O)O. The van der Waals surface area contributed by atoms with Crippen LogP contribution in [-0.4, -0.2) is 41.8 Å². The van der Waals surface area contributed by atoms with E-state index in [1.54, 1.807) is 6.08 Å². The molecule has 1 saturated carbocycles. The monoisotopic (exact) mass is 476 g/mol. The van der Waals surface area contributed by atoms with Crippen LogP contribution in [0.15, 0.2) is 61.2 Å². The molecule has 3 atom stereocenters. The second kappa shape index (κ2) is 11.2. The molecule has 2 aromatic carbocycles. The molecule has 0 heterocycles. The van der Waals surface area contributed by atoms with Crippen molar-refractivity contribution >= 4 is 18.0 Å². The molecule has 0 spiro atoms. The van der Waals surface area contributed by atoms with E-state index in [2.05, 4.69) is 29.3 Å². The van der Waals surface area contributed by atoms with Gasteiger partial charge < -0.3 is 20.5 Å². The van der Waals surface area contributed by atoms with Gasteiger partial charge in [0.25, 0.3) is 0 Å². The summed E-state index contributed by atoms with van der Waals surface area (Å²) >= 11 is 0. The van der Waals surface area contributed by atoms with E-state index >= 15 is 0 Å². The summed E-state index contributed by atoms with van der Waals surface area (Å²) in [5, 5.41) is 15.1. The Morgan fingerprint density at radius 1 is 1.03 bits per heavy atom. The summed E-state index contributed by atoms with van der Waals surface area (Å²) in [7, 11) is 0. The van der Waals surface area contributed by atoms with Crippen LogP contribution in [0.25, 0.3) is 11.1 Å². The van der Waals surface area contributed by atoms with E-state index in [4.69, 9.17) is 4.74 Å². The van der Waals surface area contributed by atoms with Crippen LogP contribution in [0.1, 0.15) is 55.6 Å². The lowest BCUT2D eigenvalue weighted by atomic mass is 9.84. The molecule has 7 nitrogen and oxygen atoms in total. The number of alkyl carbamates (subject to hydrolysis) is 1. The van der Waals surface area contributed by atoms with Crippen LogP contribution in [0.2, 0.25) is 0 Å². The van der Waals surface area contributed by atoms with Gasteiger partial charge in [0.15, 0.2) is 0 Å². The largest absolute Gasteiger partial charge is 0.481 e. The number of aliphatic carboxylic acids is 1. The van der Waals surface area contributed by atoms with Crippen LogP contribution < -0.4 is 10.6 Å². The van der Waals surface area contributed by atoms with E-state index in [0.29, 0.717) is 25.7 Å². The first-order valence-electron chi connectivity index (χ1n) is 12.2. The van der Waals surface area contributed by atoms with Crippen LogP contribution in [-0.2, 0) is 14.3 Å². The lowest BCUT2D eigenvalue weighted by Crippen LogP contribution is -2.53. The Morgan fingerprint density at radius 3 is 2.29 bits per heavy atom. The molecule has 184 valence electrons. The maximum absolute atomic E-state index is 13.0.